The molecular formula is C27H27F2N5O4. The van der Waals surface area contributed by atoms with Crippen LogP contribution < -0.4 is 0 Å². The fraction of sp³-hybridized carbons (Fsp3) is 0.333. The Bertz CT molecular complexity index is 1510. The van der Waals surface area contributed by atoms with Gasteiger partial charge in [0.25, 0.3) is 0 Å². The highest BCUT2D eigenvalue weighted by atomic mass is 19.1. The van der Waals surface area contributed by atoms with Crippen LogP contribution in [0.4, 0.5) is 13.6 Å². The van der Waals surface area contributed by atoms with Gasteiger partial charge in [-0.05, 0) is 30.7 Å². The Morgan fingerprint density at radius 1 is 1.16 bits per heavy atom. The third-order valence-corrected chi connectivity index (χ3v) is 6.60. The van der Waals surface area contributed by atoms with E-state index in [-0.39, 0.29) is 47.8 Å². The molecule has 3 aromatic heterocycles. The third kappa shape index (κ3) is 4.76. The van der Waals surface area contributed by atoms with Crippen molar-refractivity contribution in [3.05, 3.63) is 71.3 Å². The Morgan fingerprint density at radius 3 is 2.63 bits per heavy atom. The van der Waals surface area contributed by atoms with E-state index in [1.54, 1.807) is 22.4 Å². The zero-order valence-corrected chi connectivity index (χ0v) is 21.3. The van der Waals surface area contributed by atoms with Crippen LogP contribution in [0.2, 0.25) is 0 Å². The summed E-state index contributed by atoms with van der Waals surface area (Å²) in [5.41, 5.74) is 2.28. The van der Waals surface area contributed by atoms with Crippen molar-refractivity contribution in [2.24, 2.45) is 0 Å². The lowest BCUT2D eigenvalue weighted by Gasteiger charge is -2.32. The van der Waals surface area contributed by atoms with Gasteiger partial charge >= 0.3 is 6.09 Å². The van der Waals surface area contributed by atoms with Crippen molar-refractivity contribution in [1.82, 2.24) is 24.1 Å². The lowest BCUT2D eigenvalue weighted by atomic mass is 10.0. The number of hydrogen-bond acceptors (Lipinski definition) is 6. The van der Waals surface area contributed by atoms with E-state index in [9.17, 15) is 9.59 Å². The molecule has 4 aromatic rings. The fourth-order valence-electron chi connectivity index (χ4n) is 4.66. The molecule has 1 aliphatic rings. The Morgan fingerprint density at radius 2 is 1.92 bits per heavy atom. The number of fused-ring (bicyclic) bond motifs is 1. The summed E-state index contributed by atoms with van der Waals surface area (Å²) in [5, 5.41) is 4.16. The predicted octanol–water partition coefficient (Wildman–Crippen LogP) is 4.38. The van der Waals surface area contributed by atoms with Crippen molar-refractivity contribution in [3.63, 3.8) is 0 Å². The second-order valence-electron chi connectivity index (χ2n) is 9.16. The van der Waals surface area contributed by atoms with Crippen LogP contribution in [0.1, 0.15) is 35.1 Å². The van der Waals surface area contributed by atoms with Gasteiger partial charge in [0.2, 0.25) is 0 Å². The third-order valence-electron chi connectivity index (χ3n) is 6.60. The average molecular weight is 524 g/mol. The SMILES string of the molecule is CCC(=O)c1ccn(-c2cc(F)c(-c3nc4cc(C)ccn4c3C[C@H]3CN(C(=O)OC)CCO3)c(F)c2)n1. The van der Waals surface area contributed by atoms with Crippen LogP contribution in [0.15, 0.2) is 42.7 Å². The van der Waals surface area contributed by atoms with E-state index in [0.717, 1.165) is 5.56 Å². The number of nitrogens with zero attached hydrogens (tertiary/aromatic N) is 5. The second-order valence-corrected chi connectivity index (χ2v) is 9.16. The Hall–Kier alpha value is -4.12. The van der Waals surface area contributed by atoms with Crippen molar-refractivity contribution in [1.29, 1.82) is 0 Å². The molecule has 1 fully saturated rings. The number of ether oxygens (including phenoxy) is 2. The first kappa shape index (κ1) is 25.5. The number of carbonyl (C=O) groups excluding carboxylic acids is 2. The first-order valence-electron chi connectivity index (χ1n) is 12.3. The Labute approximate surface area is 217 Å². The quantitative estimate of drug-likeness (QED) is 0.349. The minimum atomic E-state index is -0.819. The molecule has 9 nitrogen and oxygen atoms in total. The number of pyridine rings is 1. The molecule has 38 heavy (non-hydrogen) atoms. The van der Waals surface area contributed by atoms with E-state index in [2.05, 4.69) is 10.1 Å². The number of benzene rings is 1. The highest BCUT2D eigenvalue weighted by Crippen LogP contribution is 2.32. The standard InChI is InChI=1S/C27H27F2N5O4/c1-4-23(35)21-6-8-34(31-21)17-12-19(28)25(20(29)13-17)26-22(33-7-5-16(2)11-24(33)30-26)14-18-15-32(9-10-38-18)27(36)37-3/h5-8,11-13,18H,4,9-10,14-15H2,1-3H3/t18-/m0/s1. The molecule has 0 spiro atoms. The lowest BCUT2D eigenvalue weighted by Crippen LogP contribution is -2.46. The van der Waals surface area contributed by atoms with E-state index in [4.69, 9.17) is 9.47 Å². The second kappa shape index (κ2) is 10.3. The summed E-state index contributed by atoms with van der Waals surface area (Å²) in [4.78, 5) is 30.1. The van der Waals surface area contributed by atoms with Crippen LogP contribution in [-0.2, 0) is 15.9 Å². The molecule has 198 valence electrons. The summed E-state index contributed by atoms with van der Waals surface area (Å²) < 4.78 is 45.0. The number of aryl methyl sites for hydroxylation is 1. The zero-order valence-electron chi connectivity index (χ0n) is 21.3. The van der Waals surface area contributed by atoms with E-state index < -0.39 is 23.8 Å². The maximum atomic E-state index is 15.6. The minimum Gasteiger partial charge on any atom is -0.453 e. The number of morpholine rings is 1. The van der Waals surface area contributed by atoms with Crippen molar-refractivity contribution >= 4 is 17.5 Å². The molecule has 1 saturated heterocycles. The first-order chi connectivity index (χ1) is 18.3. The number of ketones is 1. The van der Waals surface area contributed by atoms with Gasteiger partial charge in [0.05, 0.1) is 49.0 Å². The highest BCUT2D eigenvalue weighted by Gasteiger charge is 2.29. The van der Waals surface area contributed by atoms with E-state index in [0.29, 0.717) is 24.5 Å². The number of hydrogen-bond donors (Lipinski definition) is 0. The summed E-state index contributed by atoms with van der Waals surface area (Å²) in [6.45, 7) is 4.60. The van der Waals surface area contributed by atoms with Crippen LogP contribution >= 0.6 is 0 Å². The molecule has 1 aliphatic heterocycles. The summed E-state index contributed by atoms with van der Waals surface area (Å²) in [6, 6.07) is 7.56. The van der Waals surface area contributed by atoms with E-state index in [1.807, 2.05) is 19.1 Å². The smallest absolute Gasteiger partial charge is 0.409 e. The largest absolute Gasteiger partial charge is 0.453 e. The number of imidazole rings is 1. The predicted molar refractivity (Wildman–Crippen MR) is 134 cm³/mol. The number of amides is 1. The first-order valence-corrected chi connectivity index (χ1v) is 12.3. The number of methoxy groups -OCH3 is 1. The molecule has 1 aromatic carbocycles. The molecule has 5 rings (SSSR count). The van der Waals surface area contributed by atoms with Crippen LogP contribution in [-0.4, -0.2) is 68.9 Å². The molecule has 0 aliphatic carbocycles. The summed E-state index contributed by atoms with van der Waals surface area (Å²) >= 11 is 0. The molecule has 0 unspecified atom stereocenters. The average Bonchev–Trinajstić information content (AvgIpc) is 3.53. The van der Waals surface area contributed by atoms with Crippen LogP contribution in [0.3, 0.4) is 0 Å². The van der Waals surface area contributed by atoms with Crippen molar-refractivity contribution < 1.29 is 27.8 Å². The normalized spacial score (nSPS) is 15.7. The maximum Gasteiger partial charge on any atom is 0.409 e. The maximum absolute atomic E-state index is 15.6. The Balaban J connectivity index is 1.55. The number of halogens is 2. The van der Waals surface area contributed by atoms with Crippen LogP contribution in [0.25, 0.3) is 22.6 Å². The number of Topliss-reactive ketones (excluding diaryl/α,β-unsaturated/α-hetero) is 1. The minimum absolute atomic E-state index is 0.143. The van der Waals surface area contributed by atoms with Gasteiger partial charge < -0.3 is 18.8 Å². The monoisotopic (exact) mass is 523 g/mol. The summed E-state index contributed by atoms with van der Waals surface area (Å²) in [6.07, 6.45) is 2.95. The molecule has 0 bridgehead atoms. The molecule has 11 heteroatoms. The van der Waals surface area contributed by atoms with Crippen LogP contribution in [0, 0.1) is 18.6 Å². The van der Waals surface area contributed by atoms with Gasteiger partial charge in [-0.3, -0.25) is 4.79 Å². The number of aromatic nitrogens is 4. The van der Waals surface area contributed by atoms with Crippen molar-refractivity contribution in [2.75, 3.05) is 26.8 Å². The molecule has 0 N–H and O–H groups in total. The number of rotatable bonds is 6. The van der Waals surface area contributed by atoms with Crippen molar-refractivity contribution in [2.45, 2.75) is 32.8 Å². The number of carbonyl (C=O) groups is 2. The van der Waals surface area contributed by atoms with Gasteiger partial charge in [-0.15, -0.1) is 0 Å². The van der Waals surface area contributed by atoms with Gasteiger partial charge in [0.15, 0.2) is 5.78 Å². The van der Waals surface area contributed by atoms with Gasteiger partial charge in [-0.2, -0.15) is 5.10 Å². The van der Waals surface area contributed by atoms with Gasteiger partial charge in [0.1, 0.15) is 23.0 Å². The van der Waals surface area contributed by atoms with Gasteiger partial charge in [-0.1, -0.05) is 6.92 Å². The van der Waals surface area contributed by atoms with Crippen LogP contribution in [0.5, 0.6) is 0 Å². The van der Waals surface area contributed by atoms with Gasteiger partial charge in [-0.25, -0.2) is 23.2 Å². The highest BCUT2D eigenvalue weighted by molar-refractivity contribution is 5.93. The molecule has 4 heterocycles. The lowest BCUT2D eigenvalue weighted by molar-refractivity contribution is -0.0241. The van der Waals surface area contributed by atoms with E-state index >= 15 is 8.78 Å². The van der Waals surface area contributed by atoms with E-state index in [1.165, 1.54) is 36.2 Å². The molecule has 0 saturated carbocycles. The topological polar surface area (TPSA) is 91.0 Å². The molecule has 1 amide bonds. The van der Waals surface area contributed by atoms with Gasteiger partial charge in [0, 0.05) is 43.9 Å². The summed E-state index contributed by atoms with van der Waals surface area (Å²) in [5.74, 6) is -1.80. The molecule has 1 atom stereocenters. The van der Waals surface area contributed by atoms with Crippen molar-refractivity contribution in [3.8, 4) is 16.9 Å². The molecule has 0 radical (unpaired) electrons. The zero-order chi connectivity index (χ0) is 27.0. The fourth-order valence-corrected chi connectivity index (χ4v) is 4.66. The Kier molecular flexibility index (Phi) is 6.94. The summed E-state index contributed by atoms with van der Waals surface area (Å²) in [7, 11) is 1.32. The molecular weight excluding hydrogens is 496 g/mol.